The Morgan fingerprint density at radius 1 is 1.33 bits per heavy atom. The minimum atomic E-state index is -0.882. The number of benzene rings is 2. The van der Waals surface area contributed by atoms with Crippen LogP contribution in [0.5, 0.6) is 0 Å². The van der Waals surface area contributed by atoms with Gasteiger partial charge in [-0.25, -0.2) is 4.79 Å². The zero-order valence-electron chi connectivity index (χ0n) is 15.8. The Bertz CT molecular complexity index is 1130. The quantitative estimate of drug-likeness (QED) is 0.395. The summed E-state index contributed by atoms with van der Waals surface area (Å²) in [6.45, 7) is 1.74. The molecule has 0 aromatic heterocycles. The number of nitro benzene ring substituents is 1. The SMILES string of the molecule is CCOC(=O)C1=C(c2cccc([N+](=O)[O-])c2)OC(N)=C(C#N)C1c1ccccc1Br. The number of nitrogens with zero attached hydrogens (tertiary/aromatic N) is 2. The monoisotopic (exact) mass is 469 g/mol. The lowest BCUT2D eigenvalue weighted by Gasteiger charge is -2.28. The van der Waals surface area contributed by atoms with Crippen molar-refractivity contribution in [2.45, 2.75) is 12.8 Å². The lowest BCUT2D eigenvalue weighted by molar-refractivity contribution is -0.384. The molecule has 1 heterocycles. The number of ether oxygens (including phenoxy) is 2. The van der Waals surface area contributed by atoms with Crippen LogP contribution in [-0.4, -0.2) is 17.5 Å². The molecule has 2 aromatic carbocycles. The summed E-state index contributed by atoms with van der Waals surface area (Å²) in [7, 11) is 0. The third-order valence-corrected chi connectivity index (χ3v) is 5.17. The van der Waals surface area contributed by atoms with Crippen LogP contribution in [0.25, 0.3) is 5.76 Å². The predicted molar refractivity (Wildman–Crippen MR) is 111 cm³/mol. The molecule has 8 nitrogen and oxygen atoms in total. The molecule has 1 atom stereocenters. The van der Waals surface area contributed by atoms with Gasteiger partial charge in [-0.05, 0) is 18.6 Å². The Balaban J connectivity index is 2.33. The number of carbonyl (C=O) groups excluding carboxylic acids is 1. The van der Waals surface area contributed by atoms with E-state index in [0.29, 0.717) is 10.0 Å². The summed E-state index contributed by atoms with van der Waals surface area (Å²) in [5.74, 6) is -1.77. The van der Waals surface area contributed by atoms with Gasteiger partial charge < -0.3 is 15.2 Å². The van der Waals surface area contributed by atoms with Crippen LogP contribution in [0.1, 0.15) is 24.0 Å². The molecule has 2 aromatic rings. The maximum absolute atomic E-state index is 13.0. The summed E-state index contributed by atoms with van der Waals surface area (Å²) in [4.78, 5) is 23.6. The number of hydrogen-bond acceptors (Lipinski definition) is 7. The van der Waals surface area contributed by atoms with E-state index in [9.17, 15) is 20.2 Å². The Hall–Kier alpha value is -3.64. The fraction of sp³-hybridized carbons (Fsp3) is 0.143. The highest BCUT2D eigenvalue weighted by atomic mass is 79.9. The largest absolute Gasteiger partial charge is 0.463 e. The van der Waals surface area contributed by atoms with Gasteiger partial charge in [0.1, 0.15) is 17.4 Å². The van der Waals surface area contributed by atoms with Crippen LogP contribution in [0, 0.1) is 21.4 Å². The molecule has 1 aliphatic heterocycles. The molecule has 30 heavy (non-hydrogen) atoms. The van der Waals surface area contributed by atoms with Crippen LogP contribution in [0.15, 0.2) is 70.0 Å². The van der Waals surface area contributed by atoms with Crippen molar-refractivity contribution >= 4 is 33.3 Å². The second-order valence-electron chi connectivity index (χ2n) is 6.22. The average molecular weight is 470 g/mol. The second kappa shape index (κ2) is 8.80. The summed E-state index contributed by atoms with van der Waals surface area (Å²) < 4.78 is 11.5. The molecule has 1 unspecified atom stereocenters. The highest BCUT2D eigenvalue weighted by Crippen LogP contribution is 2.45. The third-order valence-electron chi connectivity index (χ3n) is 4.45. The van der Waals surface area contributed by atoms with Gasteiger partial charge in [-0.1, -0.05) is 46.3 Å². The van der Waals surface area contributed by atoms with Crippen molar-refractivity contribution in [2.24, 2.45) is 5.73 Å². The molecule has 1 aliphatic rings. The number of halogens is 1. The van der Waals surface area contributed by atoms with Crippen molar-refractivity contribution in [1.82, 2.24) is 0 Å². The smallest absolute Gasteiger partial charge is 0.338 e. The first-order valence-electron chi connectivity index (χ1n) is 8.87. The number of allylic oxidation sites excluding steroid dienone is 1. The van der Waals surface area contributed by atoms with Crippen LogP contribution >= 0.6 is 15.9 Å². The second-order valence-corrected chi connectivity index (χ2v) is 7.07. The first-order chi connectivity index (χ1) is 14.4. The molecule has 0 spiro atoms. The number of carbonyl (C=O) groups is 1. The maximum atomic E-state index is 13.0. The van der Waals surface area contributed by atoms with Gasteiger partial charge in [0, 0.05) is 22.2 Å². The van der Waals surface area contributed by atoms with Crippen molar-refractivity contribution in [3.05, 3.63) is 91.3 Å². The van der Waals surface area contributed by atoms with E-state index in [1.54, 1.807) is 37.3 Å². The maximum Gasteiger partial charge on any atom is 0.338 e. The summed E-state index contributed by atoms with van der Waals surface area (Å²) in [5, 5.41) is 21.0. The van der Waals surface area contributed by atoms with Crippen molar-refractivity contribution < 1.29 is 19.2 Å². The van der Waals surface area contributed by atoms with E-state index in [0.717, 1.165) is 0 Å². The highest BCUT2D eigenvalue weighted by molar-refractivity contribution is 9.10. The van der Waals surface area contributed by atoms with Crippen LogP contribution in [0.2, 0.25) is 0 Å². The lowest BCUT2D eigenvalue weighted by atomic mass is 9.82. The first-order valence-corrected chi connectivity index (χ1v) is 9.66. The van der Waals surface area contributed by atoms with Gasteiger partial charge in [-0.2, -0.15) is 5.26 Å². The molecule has 3 rings (SSSR count). The molecule has 0 bridgehead atoms. The number of nitro groups is 1. The zero-order chi connectivity index (χ0) is 21.8. The van der Waals surface area contributed by atoms with E-state index in [-0.39, 0.29) is 40.6 Å². The Kier molecular flexibility index (Phi) is 6.18. The van der Waals surface area contributed by atoms with Crippen molar-refractivity contribution in [3.63, 3.8) is 0 Å². The zero-order valence-corrected chi connectivity index (χ0v) is 17.4. The van der Waals surface area contributed by atoms with E-state index in [2.05, 4.69) is 15.9 Å². The summed E-state index contributed by atoms with van der Waals surface area (Å²) in [6, 6.07) is 14.7. The molecule has 0 amide bonds. The minimum absolute atomic E-state index is 0.00871. The van der Waals surface area contributed by atoms with E-state index in [1.807, 2.05) is 6.07 Å². The highest BCUT2D eigenvalue weighted by Gasteiger charge is 2.39. The van der Waals surface area contributed by atoms with E-state index in [1.165, 1.54) is 18.2 Å². The van der Waals surface area contributed by atoms with Gasteiger partial charge in [-0.15, -0.1) is 0 Å². The van der Waals surface area contributed by atoms with Gasteiger partial charge in [0.2, 0.25) is 5.88 Å². The molecule has 0 saturated heterocycles. The van der Waals surface area contributed by atoms with E-state index < -0.39 is 16.8 Å². The van der Waals surface area contributed by atoms with Gasteiger partial charge >= 0.3 is 5.97 Å². The van der Waals surface area contributed by atoms with Crippen LogP contribution in [-0.2, 0) is 14.3 Å². The molecule has 2 N–H and O–H groups in total. The van der Waals surface area contributed by atoms with Gasteiger partial charge in [0.05, 0.1) is 23.0 Å². The van der Waals surface area contributed by atoms with Crippen molar-refractivity contribution in [3.8, 4) is 6.07 Å². The molecule has 0 saturated carbocycles. The molecule has 0 radical (unpaired) electrons. The first kappa shape index (κ1) is 21.1. The number of esters is 1. The molecule has 0 aliphatic carbocycles. The van der Waals surface area contributed by atoms with Gasteiger partial charge in [-0.3, -0.25) is 10.1 Å². The van der Waals surface area contributed by atoms with Crippen LogP contribution in [0.3, 0.4) is 0 Å². The van der Waals surface area contributed by atoms with Crippen molar-refractivity contribution in [2.75, 3.05) is 6.61 Å². The summed E-state index contributed by atoms with van der Waals surface area (Å²) in [5.41, 5.74) is 6.79. The van der Waals surface area contributed by atoms with Crippen molar-refractivity contribution in [1.29, 1.82) is 5.26 Å². The van der Waals surface area contributed by atoms with Gasteiger partial charge in [0.15, 0.2) is 0 Å². The number of nitrogens with two attached hydrogens (primary N) is 1. The average Bonchev–Trinajstić information content (AvgIpc) is 2.73. The summed E-state index contributed by atoms with van der Waals surface area (Å²) >= 11 is 3.45. The number of hydrogen-bond donors (Lipinski definition) is 1. The summed E-state index contributed by atoms with van der Waals surface area (Å²) in [6.07, 6.45) is 0. The molecule has 0 fully saturated rings. The van der Waals surface area contributed by atoms with E-state index >= 15 is 0 Å². The molecule has 152 valence electrons. The minimum Gasteiger partial charge on any atom is -0.463 e. The Morgan fingerprint density at radius 2 is 2.07 bits per heavy atom. The van der Waals surface area contributed by atoms with Crippen LogP contribution in [0.4, 0.5) is 5.69 Å². The van der Waals surface area contributed by atoms with Gasteiger partial charge in [0.25, 0.3) is 5.69 Å². The molecular weight excluding hydrogens is 454 g/mol. The topological polar surface area (TPSA) is 128 Å². The standard InChI is InChI=1S/C21H16BrN3O5/c1-2-29-21(26)18-17(14-8-3-4-9-16(14)22)15(11-23)20(24)30-19(18)12-6-5-7-13(10-12)25(27)28/h3-10,17H,2,24H2,1H3. The number of nitriles is 1. The molecular formula is C21H16BrN3O5. The number of non-ortho nitro benzene ring substituents is 1. The normalized spacial score (nSPS) is 16.0. The number of rotatable bonds is 5. The fourth-order valence-electron chi connectivity index (χ4n) is 3.17. The predicted octanol–water partition coefficient (Wildman–Crippen LogP) is 4.14. The Morgan fingerprint density at radius 3 is 2.70 bits per heavy atom. The van der Waals surface area contributed by atoms with E-state index in [4.69, 9.17) is 15.2 Å². The lowest BCUT2D eigenvalue weighted by Crippen LogP contribution is -2.26. The molecule has 9 heteroatoms. The fourth-order valence-corrected chi connectivity index (χ4v) is 3.69. The third kappa shape index (κ3) is 3.90. The Labute approximate surface area is 180 Å². The van der Waals surface area contributed by atoms with Crippen LogP contribution < -0.4 is 5.73 Å².